The van der Waals surface area contributed by atoms with Gasteiger partial charge in [-0.3, -0.25) is 4.79 Å². The van der Waals surface area contributed by atoms with Crippen LogP contribution in [-0.4, -0.2) is 25.0 Å². The Balaban J connectivity index is 2.19. The van der Waals surface area contributed by atoms with Gasteiger partial charge in [-0.25, -0.2) is 0 Å². The van der Waals surface area contributed by atoms with E-state index in [4.69, 9.17) is 10.5 Å². The van der Waals surface area contributed by atoms with Crippen LogP contribution in [0.4, 0.5) is 5.69 Å². The van der Waals surface area contributed by atoms with E-state index in [1.807, 2.05) is 25.1 Å². The maximum atomic E-state index is 12.4. The molecule has 0 bridgehead atoms. The van der Waals surface area contributed by atoms with Crippen LogP contribution < -0.4 is 10.5 Å². The molecule has 0 heterocycles. The molecule has 0 atom stereocenters. The molecule has 0 saturated carbocycles. The number of nitrogens with two attached hydrogens (primary N) is 1. The van der Waals surface area contributed by atoms with Gasteiger partial charge in [-0.2, -0.15) is 0 Å². The Labute approximate surface area is 125 Å². The predicted molar refractivity (Wildman–Crippen MR) is 84.4 cm³/mol. The summed E-state index contributed by atoms with van der Waals surface area (Å²) in [4.78, 5) is 14.1. The van der Waals surface area contributed by atoms with Crippen LogP contribution in [0.2, 0.25) is 0 Å². The van der Waals surface area contributed by atoms with Crippen molar-refractivity contribution < 1.29 is 9.53 Å². The van der Waals surface area contributed by atoms with Crippen molar-refractivity contribution in [1.29, 1.82) is 0 Å². The molecule has 110 valence electrons. The topological polar surface area (TPSA) is 55.6 Å². The highest BCUT2D eigenvalue weighted by Gasteiger charge is 2.14. The lowest BCUT2D eigenvalue weighted by Crippen LogP contribution is -2.26. The number of carbonyl (C=O) groups excluding carboxylic acids is 1. The Morgan fingerprint density at radius 3 is 2.67 bits per heavy atom. The maximum absolute atomic E-state index is 12.4. The smallest absolute Gasteiger partial charge is 0.253 e. The van der Waals surface area contributed by atoms with Crippen LogP contribution in [0.5, 0.6) is 5.75 Å². The number of amides is 1. The van der Waals surface area contributed by atoms with Crippen molar-refractivity contribution in [3.8, 4) is 5.75 Å². The summed E-state index contributed by atoms with van der Waals surface area (Å²) in [7, 11) is 3.40. The van der Waals surface area contributed by atoms with Gasteiger partial charge in [0.2, 0.25) is 0 Å². The molecule has 2 N–H and O–H groups in total. The largest absolute Gasteiger partial charge is 0.496 e. The zero-order chi connectivity index (χ0) is 15.4. The number of hydrogen-bond acceptors (Lipinski definition) is 3. The number of anilines is 1. The van der Waals surface area contributed by atoms with Crippen LogP contribution in [0.15, 0.2) is 42.5 Å². The average Bonchev–Trinajstić information content (AvgIpc) is 2.46. The number of methoxy groups -OCH3 is 1. The van der Waals surface area contributed by atoms with Gasteiger partial charge >= 0.3 is 0 Å². The minimum absolute atomic E-state index is 0.0640. The van der Waals surface area contributed by atoms with Gasteiger partial charge in [-0.1, -0.05) is 23.8 Å². The minimum atomic E-state index is -0.0640. The Bertz CT molecular complexity index is 653. The maximum Gasteiger partial charge on any atom is 0.253 e. The third kappa shape index (κ3) is 3.54. The van der Waals surface area contributed by atoms with Crippen molar-refractivity contribution >= 4 is 11.6 Å². The normalized spacial score (nSPS) is 10.2. The van der Waals surface area contributed by atoms with Crippen molar-refractivity contribution in [2.75, 3.05) is 19.9 Å². The van der Waals surface area contributed by atoms with E-state index in [9.17, 15) is 4.79 Å². The highest BCUT2D eigenvalue weighted by Crippen LogP contribution is 2.21. The van der Waals surface area contributed by atoms with Gasteiger partial charge in [0.1, 0.15) is 5.75 Å². The molecule has 4 nitrogen and oxygen atoms in total. The van der Waals surface area contributed by atoms with E-state index in [1.165, 1.54) is 0 Å². The summed E-state index contributed by atoms with van der Waals surface area (Å²) in [5, 5.41) is 0. The molecular formula is C17H20N2O2. The quantitative estimate of drug-likeness (QED) is 0.878. The molecule has 0 aliphatic heterocycles. The first kappa shape index (κ1) is 14.9. The van der Waals surface area contributed by atoms with Crippen LogP contribution in [0.25, 0.3) is 0 Å². The molecular weight excluding hydrogens is 264 g/mol. The van der Waals surface area contributed by atoms with E-state index in [0.29, 0.717) is 17.8 Å². The van der Waals surface area contributed by atoms with Gasteiger partial charge in [0, 0.05) is 30.4 Å². The zero-order valence-electron chi connectivity index (χ0n) is 12.6. The Hall–Kier alpha value is -2.49. The van der Waals surface area contributed by atoms with E-state index in [2.05, 4.69) is 0 Å². The lowest BCUT2D eigenvalue weighted by molar-refractivity contribution is 0.0784. The van der Waals surface area contributed by atoms with Gasteiger partial charge in [0.25, 0.3) is 5.91 Å². The number of benzene rings is 2. The number of hydrogen-bond donors (Lipinski definition) is 1. The van der Waals surface area contributed by atoms with E-state index >= 15 is 0 Å². The molecule has 2 aromatic rings. The SMILES string of the molecule is COc1ccc(C)cc1CN(C)C(=O)c1cccc(N)c1. The zero-order valence-corrected chi connectivity index (χ0v) is 12.6. The second-order valence-corrected chi connectivity index (χ2v) is 5.10. The second kappa shape index (κ2) is 6.31. The standard InChI is InChI=1S/C17H20N2O2/c1-12-7-8-16(21-3)14(9-12)11-19(2)17(20)13-5-4-6-15(18)10-13/h4-10H,11,18H2,1-3H3. The second-order valence-electron chi connectivity index (χ2n) is 5.10. The predicted octanol–water partition coefficient (Wildman–Crippen LogP) is 2.86. The number of aryl methyl sites for hydroxylation is 1. The van der Waals surface area contributed by atoms with E-state index in [-0.39, 0.29) is 5.91 Å². The fraction of sp³-hybridized carbons (Fsp3) is 0.235. The third-order valence-corrected chi connectivity index (χ3v) is 3.32. The molecule has 0 aliphatic carbocycles. The first-order valence-corrected chi connectivity index (χ1v) is 6.76. The van der Waals surface area contributed by atoms with Crippen molar-refractivity contribution in [1.82, 2.24) is 4.90 Å². The van der Waals surface area contributed by atoms with Gasteiger partial charge in [0.05, 0.1) is 7.11 Å². The molecule has 0 saturated heterocycles. The molecule has 0 aliphatic rings. The van der Waals surface area contributed by atoms with Crippen molar-refractivity contribution in [3.63, 3.8) is 0 Å². The molecule has 0 aromatic heterocycles. The van der Waals surface area contributed by atoms with Crippen molar-refractivity contribution in [2.45, 2.75) is 13.5 Å². The molecule has 2 rings (SSSR count). The lowest BCUT2D eigenvalue weighted by Gasteiger charge is -2.19. The summed E-state index contributed by atoms with van der Waals surface area (Å²) in [5.74, 6) is 0.721. The van der Waals surface area contributed by atoms with Crippen LogP contribution in [-0.2, 0) is 6.54 Å². The molecule has 4 heteroatoms. The summed E-state index contributed by atoms with van der Waals surface area (Å²) in [6, 6.07) is 12.9. The molecule has 0 spiro atoms. The van der Waals surface area contributed by atoms with Crippen LogP contribution in [0.1, 0.15) is 21.5 Å². The lowest BCUT2D eigenvalue weighted by atomic mass is 10.1. The molecule has 21 heavy (non-hydrogen) atoms. The summed E-state index contributed by atoms with van der Waals surface area (Å²) >= 11 is 0. The summed E-state index contributed by atoms with van der Waals surface area (Å²) in [6.45, 7) is 2.50. The number of carbonyl (C=O) groups is 1. The first-order valence-electron chi connectivity index (χ1n) is 6.76. The summed E-state index contributed by atoms with van der Waals surface area (Å²) in [5.41, 5.74) is 9.01. The number of ether oxygens (including phenoxy) is 1. The van der Waals surface area contributed by atoms with Gasteiger partial charge in [0.15, 0.2) is 0 Å². The summed E-state index contributed by atoms with van der Waals surface area (Å²) in [6.07, 6.45) is 0. The monoisotopic (exact) mass is 284 g/mol. The molecule has 1 amide bonds. The third-order valence-electron chi connectivity index (χ3n) is 3.32. The van der Waals surface area contributed by atoms with E-state index < -0.39 is 0 Å². The Morgan fingerprint density at radius 1 is 1.24 bits per heavy atom. The summed E-state index contributed by atoms with van der Waals surface area (Å²) < 4.78 is 5.35. The Morgan fingerprint density at radius 2 is 2.00 bits per heavy atom. The Kier molecular flexibility index (Phi) is 4.48. The van der Waals surface area contributed by atoms with Crippen LogP contribution in [0, 0.1) is 6.92 Å². The van der Waals surface area contributed by atoms with Crippen molar-refractivity contribution in [3.05, 3.63) is 59.2 Å². The van der Waals surface area contributed by atoms with Crippen molar-refractivity contribution in [2.24, 2.45) is 0 Å². The number of nitrogen functional groups attached to an aromatic ring is 1. The average molecular weight is 284 g/mol. The highest BCUT2D eigenvalue weighted by molar-refractivity contribution is 5.94. The van der Waals surface area contributed by atoms with E-state index in [0.717, 1.165) is 16.9 Å². The highest BCUT2D eigenvalue weighted by atomic mass is 16.5. The minimum Gasteiger partial charge on any atom is -0.496 e. The van der Waals surface area contributed by atoms with E-state index in [1.54, 1.807) is 43.3 Å². The fourth-order valence-electron chi connectivity index (χ4n) is 2.25. The fourth-order valence-corrected chi connectivity index (χ4v) is 2.25. The van der Waals surface area contributed by atoms with Crippen LogP contribution >= 0.6 is 0 Å². The molecule has 2 aromatic carbocycles. The van der Waals surface area contributed by atoms with Gasteiger partial charge in [-0.05, 0) is 31.2 Å². The number of rotatable bonds is 4. The van der Waals surface area contributed by atoms with Crippen LogP contribution in [0.3, 0.4) is 0 Å². The van der Waals surface area contributed by atoms with Gasteiger partial charge < -0.3 is 15.4 Å². The first-order chi connectivity index (χ1) is 10.0. The number of nitrogens with zero attached hydrogens (tertiary/aromatic N) is 1. The molecule has 0 radical (unpaired) electrons. The molecule has 0 unspecified atom stereocenters. The van der Waals surface area contributed by atoms with Gasteiger partial charge in [-0.15, -0.1) is 0 Å². The molecule has 0 fully saturated rings.